The maximum atomic E-state index is 12.2. The molecule has 0 rings (SSSR count). The molecule has 6 heteroatoms. The average molecular weight is 267 g/mol. The van der Waals surface area contributed by atoms with Gasteiger partial charge in [-0.1, -0.05) is 0 Å². The molecule has 0 aromatic heterocycles. The van der Waals surface area contributed by atoms with Gasteiger partial charge in [-0.15, -0.1) is 0 Å². The number of phosphoric ester groups is 1. The molecule has 0 bridgehead atoms. The van der Waals surface area contributed by atoms with Crippen LogP contribution in [0.15, 0.2) is 0 Å². The Morgan fingerprint density at radius 3 is 1.88 bits per heavy atom. The molecule has 0 amide bonds. The van der Waals surface area contributed by atoms with E-state index < -0.39 is 7.82 Å². The summed E-state index contributed by atoms with van der Waals surface area (Å²) in [5, 5.41) is 0. The van der Waals surface area contributed by atoms with Crippen molar-refractivity contribution in [3.63, 3.8) is 0 Å². The SMILES string of the molecule is CC(C)OP(=O)(OCCCN(C)C)OC(C)C. The molecule has 0 saturated heterocycles. The lowest BCUT2D eigenvalue weighted by Gasteiger charge is -2.22. The highest BCUT2D eigenvalue weighted by Crippen LogP contribution is 2.51. The summed E-state index contributed by atoms with van der Waals surface area (Å²) >= 11 is 0. The van der Waals surface area contributed by atoms with Gasteiger partial charge >= 0.3 is 7.82 Å². The van der Waals surface area contributed by atoms with Gasteiger partial charge in [0.2, 0.25) is 0 Å². The molecule has 0 atom stereocenters. The molecule has 0 heterocycles. The second kappa shape index (κ2) is 8.22. The van der Waals surface area contributed by atoms with E-state index in [1.807, 2.05) is 19.0 Å². The van der Waals surface area contributed by atoms with Crippen LogP contribution in [0.3, 0.4) is 0 Å². The lowest BCUT2D eigenvalue weighted by Crippen LogP contribution is -2.16. The molecule has 0 radical (unpaired) electrons. The average Bonchev–Trinajstić information content (AvgIpc) is 2.09. The van der Waals surface area contributed by atoms with E-state index in [9.17, 15) is 4.57 Å². The summed E-state index contributed by atoms with van der Waals surface area (Å²) in [6.07, 6.45) is 0.418. The molecule has 0 spiro atoms. The highest BCUT2D eigenvalue weighted by Gasteiger charge is 2.29. The zero-order valence-corrected chi connectivity index (χ0v) is 12.7. The van der Waals surface area contributed by atoms with Crippen LogP contribution in [0.4, 0.5) is 0 Å². The molecule has 0 saturated carbocycles. The maximum Gasteiger partial charge on any atom is 0.475 e. The third-order valence-corrected chi connectivity index (χ3v) is 3.54. The second-order valence-corrected chi connectivity index (χ2v) is 6.32. The Bertz CT molecular complexity index is 230. The Morgan fingerprint density at radius 1 is 1.06 bits per heavy atom. The fourth-order valence-corrected chi connectivity index (χ4v) is 2.72. The molecular formula is C11H26NO4P. The quantitative estimate of drug-likeness (QED) is 0.475. The van der Waals surface area contributed by atoms with Crippen LogP contribution < -0.4 is 0 Å². The van der Waals surface area contributed by atoms with Crippen LogP contribution in [0.25, 0.3) is 0 Å². The number of phosphoric acid groups is 1. The van der Waals surface area contributed by atoms with Crippen molar-refractivity contribution >= 4 is 7.82 Å². The zero-order chi connectivity index (χ0) is 13.5. The van der Waals surface area contributed by atoms with Crippen LogP contribution in [0.2, 0.25) is 0 Å². The first-order valence-electron chi connectivity index (χ1n) is 6.01. The van der Waals surface area contributed by atoms with Crippen LogP contribution in [0.1, 0.15) is 34.1 Å². The van der Waals surface area contributed by atoms with E-state index in [1.165, 1.54) is 0 Å². The van der Waals surface area contributed by atoms with Crippen molar-refractivity contribution < 1.29 is 18.1 Å². The predicted octanol–water partition coefficient (Wildman–Crippen LogP) is 2.91. The molecule has 104 valence electrons. The first-order chi connectivity index (χ1) is 7.75. The summed E-state index contributed by atoms with van der Waals surface area (Å²) < 4.78 is 28.0. The standard InChI is InChI=1S/C11H26NO4P/c1-10(2)15-17(13,16-11(3)4)14-9-7-8-12(5)6/h10-11H,7-9H2,1-6H3. The van der Waals surface area contributed by atoms with Gasteiger partial charge in [-0.3, -0.25) is 13.6 Å². The van der Waals surface area contributed by atoms with Gasteiger partial charge in [0, 0.05) is 0 Å². The summed E-state index contributed by atoms with van der Waals surface area (Å²) in [5.74, 6) is 0. The molecule has 17 heavy (non-hydrogen) atoms. The van der Waals surface area contributed by atoms with E-state index in [4.69, 9.17) is 13.6 Å². The van der Waals surface area contributed by atoms with Crippen molar-refractivity contribution in [3.8, 4) is 0 Å². The van der Waals surface area contributed by atoms with E-state index >= 15 is 0 Å². The van der Waals surface area contributed by atoms with Crippen molar-refractivity contribution in [3.05, 3.63) is 0 Å². The van der Waals surface area contributed by atoms with Gasteiger partial charge in [-0.05, 0) is 54.8 Å². The van der Waals surface area contributed by atoms with E-state index in [2.05, 4.69) is 0 Å². The molecule has 5 nitrogen and oxygen atoms in total. The number of nitrogens with zero attached hydrogens (tertiary/aromatic N) is 1. The van der Waals surface area contributed by atoms with Gasteiger partial charge in [0.05, 0.1) is 18.8 Å². The molecule has 0 unspecified atom stereocenters. The zero-order valence-electron chi connectivity index (χ0n) is 11.8. The molecule has 0 N–H and O–H groups in total. The first-order valence-corrected chi connectivity index (χ1v) is 7.47. The fourth-order valence-electron chi connectivity index (χ4n) is 1.16. The second-order valence-electron chi connectivity index (χ2n) is 4.75. The summed E-state index contributed by atoms with van der Waals surface area (Å²) in [4.78, 5) is 2.04. The molecular weight excluding hydrogens is 241 g/mol. The van der Waals surface area contributed by atoms with Gasteiger partial charge < -0.3 is 4.90 Å². The molecule has 0 aliphatic rings. The molecule has 0 fully saturated rings. The van der Waals surface area contributed by atoms with Crippen LogP contribution >= 0.6 is 7.82 Å². The summed E-state index contributed by atoms with van der Waals surface area (Å²) in [5.41, 5.74) is 0. The highest BCUT2D eigenvalue weighted by atomic mass is 31.2. The Labute approximate surface area is 105 Å². The Hall–Kier alpha value is 0.0700. The molecule has 0 aliphatic carbocycles. The molecule has 0 aromatic rings. The van der Waals surface area contributed by atoms with Crippen molar-refractivity contribution in [1.29, 1.82) is 0 Å². The Balaban J connectivity index is 4.15. The van der Waals surface area contributed by atoms with Gasteiger partial charge in [-0.25, -0.2) is 4.57 Å². The Kier molecular flexibility index (Phi) is 8.25. The topological polar surface area (TPSA) is 48.0 Å². The van der Waals surface area contributed by atoms with E-state index in [0.717, 1.165) is 13.0 Å². The Morgan fingerprint density at radius 2 is 1.53 bits per heavy atom. The van der Waals surface area contributed by atoms with Crippen LogP contribution in [0.5, 0.6) is 0 Å². The van der Waals surface area contributed by atoms with Crippen LogP contribution in [-0.4, -0.2) is 44.4 Å². The lowest BCUT2D eigenvalue weighted by molar-refractivity contribution is 0.0705. The number of rotatable bonds is 9. The van der Waals surface area contributed by atoms with E-state index in [1.54, 1.807) is 27.7 Å². The smallest absolute Gasteiger partial charge is 0.309 e. The third-order valence-electron chi connectivity index (χ3n) is 1.68. The van der Waals surface area contributed by atoms with E-state index in [-0.39, 0.29) is 12.2 Å². The minimum atomic E-state index is -3.41. The summed E-state index contributed by atoms with van der Waals surface area (Å²) in [6.45, 7) is 8.47. The minimum Gasteiger partial charge on any atom is -0.309 e. The van der Waals surface area contributed by atoms with Crippen LogP contribution in [-0.2, 0) is 18.1 Å². The number of hydrogen-bond donors (Lipinski definition) is 0. The first kappa shape index (κ1) is 17.1. The van der Waals surface area contributed by atoms with Crippen LogP contribution in [0, 0.1) is 0 Å². The predicted molar refractivity (Wildman–Crippen MR) is 69.2 cm³/mol. The normalized spacial score (nSPS) is 13.0. The lowest BCUT2D eigenvalue weighted by atomic mass is 10.4. The van der Waals surface area contributed by atoms with Crippen molar-refractivity contribution in [1.82, 2.24) is 4.90 Å². The summed E-state index contributed by atoms with van der Waals surface area (Å²) in [6, 6.07) is 0. The van der Waals surface area contributed by atoms with Gasteiger partial charge in [-0.2, -0.15) is 0 Å². The molecule has 0 aromatic carbocycles. The van der Waals surface area contributed by atoms with Gasteiger partial charge in [0.25, 0.3) is 0 Å². The fraction of sp³-hybridized carbons (Fsp3) is 1.00. The van der Waals surface area contributed by atoms with E-state index in [0.29, 0.717) is 6.61 Å². The largest absolute Gasteiger partial charge is 0.475 e. The monoisotopic (exact) mass is 267 g/mol. The van der Waals surface area contributed by atoms with Gasteiger partial charge in [0.15, 0.2) is 0 Å². The maximum absolute atomic E-state index is 12.2. The molecule has 0 aliphatic heterocycles. The number of hydrogen-bond acceptors (Lipinski definition) is 5. The van der Waals surface area contributed by atoms with Crippen molar-refractivity contribution in [2.45, 2.75) is 46.3 Å². The van der Waals surface area contributed by atoms with Gasteiger partial charge in [0.1, 0.15) is 0 Å². The minimum absolute atomic E-state index is 0.187. The van der Waals surface area contributed by atoms with Crippen molar-refractivity contribution in [2.75, 3.05) is 27.2 Å². The summed E-state index contributed by atoms with van der Waals surface area (Å²) in [7, 11) is 0.552. The highest BCUT2D eigenvalue weighted by molar-refractivity contribution is 7.48. The third kappa shape index (κ3) is 9.74. The van der Waals surface area contributed by atoms with Crippen molar-refractivity contribution in [2.24, 2.45) is 0 Å².